The van der Waals surface area contributed by atoms with E-state index in [9.17, 15) is 10.1 Å². The van der Waals surface area contributed by atoms with Crippen molar-refractivity contribution < 1.29 is 4.92 Å². The molecule has 0 saturated carbocycles. The summed E-state index contributed by atoms with van der Waals surface area (Å²) in [7, 11) is 3.78. The number of halogens is 1. The molecule has 0 atom stereocenters. The molecule has 0 aliphatic rings. The second kappa shape index (κ2) is 7.89. The number of rotatable bonds is 6. The number of anilines is 2. The van der Waals surface area contributed by atoms with E-state index in [-0.39, 0.29) is 11.6 Å². The number of non-ortho nitro benzene ring substituents is 1. The van der Waals surface area contributed by atoms with E-state index >= 15 is 0 Å². The summed E-state index contributed by atoms with van der Waals surface area (Å²) in [6.45, 7) is 4.01. The lowest BCUT2D eigenvalue weighted by molar-refractivity contribution is -0.384. The number of hydrogen-bond acceptors (Lipinski definition) is 7. The number of hydrogen-bond donors (Lipinski definition) is 1. The molecule has 1 N–H and O–H groups in total. The Hall–Kier alpha value is -2.74. The Morgan fingerprint density at radius 2 is 2.04 bits per heavy atom. The number of nitrogens with one attached hydrogen (secondary N) is 1. The number of aromatic nitrogens is 2. The maximum absolute atomic E-state index is 10.8. The summed E-state index contributed by atoms with van der Waals surface area (Å²) < 4.78 is 0. The third kappa shape index (κ3) is 4.87. The molecule has 132 valence electrons. The summed E-state index contributed by atoms with van der Waals surface area (Å²) in [6, 6.07) is 5.93. The predicted octanol–water partition coefficient (Wildman–Crippen LogP) is 3.67. The average molecular weight is 363 g/mol. The van der Waals surface area contributed by atoms with Crippen LogP contribution in [0.25, 0.3) is 0 Å². The van der Waals surface area contributed by atoms with Crippen molar-refractivity contribution in [3.05, 3.63) is 50.8 Å². The zero-order valence-corrected chi connectivity index (χ0v) is 15.2. The van der Waals surface area contributed by atoms with Crippen molar-refractivity contribution in [1.82, 2.24) is 9.97 Å². The lowest BCUT2D eigenvalue weighted by Crippen LogP contribution is -2.13. The van der Waals surface area contributed by atoms with E-state index in [2.05, 4.69) is 20.5 Å². The van der Waals surface area contributed by atoms with E-state index in [0.717, 1.165) is 5.82 Å². The molecule has 1 aromatic carbocycles. The molecule has 0 radical (unpaired) electrons. The quantitative estimate of drug-likeness (QED) is 0.478. The number of nitrogens with zero attached hydrogens (tertiary/aromatic N) is 5. The van der Waals surface area contributed by atoms with Gasteiger partial charge in [-0.1, -0.05) is 25.4 Å². The molecular formula is C16H19ClN6O2. The van der Waals surface area contributed by atoms with Crippen molar-refractivity contribution in [3.8, 4) is 0 Å². The lowest BCUT2D eigenvalue weighted by Gasteiger charge is -2.15. The molecule has 1 heterocycles. The Labute approximate surface area is 150 Å². The zero-order chi connectivity index (χ0) is 18.6. The molecule has 0 amide bonds. The van der Waals surface area contributed by atoms with Gasteiger partial charge in [-0.2, -0.15) is 5.10 Å². The van der Waals surface area contributed by atoms with Gasteiger partial charge in [-0.3, -0.25) is 15.5 Å². The Bertz CT molecular complexity index is 781. The molecule has 8 nitrogen and oxygen atoms in total. The number of nitro groups is 1. The van der Waals surface area contributed by atoms with Crippen molar-refractivity contribution in [2.45, 2.75) is 19.8 Å². The van der Waals surface area contributed by atoms with Crippen LogP contribution in [0.4, 0.5) is 17.3 Å². The summed E-state index contributed by atoms with van der Waals surface area (Å²) in [5.74, 6) is 2.14. The van der Waals surface area contributed by atoms with Gasteiger partial charge in [0.1, 0.15) is 11.6 Å². The van der Waals surface area contributed by atoms with Crippen LogP contribution < -0.4 is 10.3 Å². The van der Waals surface area contributed by atoms with E-state index in [0.29, 0.717) is 22.2 Å². The molecule has 0 fully saturated rings. The topological polar surface area (TPSA) is 96.5 Å². The van der Waals surface area contributed by atoms with Crippen LogP contribution in [0.3, 0.4) is 0 Å². The van der Waals surface area contributed by atoms with Crippen LogP contribution in [0.15, 0.2) is 29.4 Å². The molecular weight excluding hydrogens is 344 g/mol. The van der Waals surface area contributed by atoms with E-state index in [1.54, 1.807) is 6.07 Å². The normalized spacial score (nSPS) is 11.1. The van der Waals surface area contributed by atoms with E-state index in [1.165, 1.54) is 24.4 Å². The Morgan fingerprint density at radius 1 is 1.32 bits per heavy atom. The van der Waals surface area contributed by atoms with Gasteiger partial charge in [-0.15, -0.1) is 0 Å². The fourth-order valence-electron chi connectivity index (χ4n) is 1.91. The highest BCUT2D eigenvalue weighted by Crippen LogP contribution is 2.21. The molecule has 9 heteroatoms. The van der Waals surface area contributed by atoms with Gasteiger partial charge >= 0.3 is 0 Å². The number of benzene rings is 1. The number of hydrazone groups is 1. The summed E-state index contributed by atoms with van der Waals surface area (Å²) in [4.78, 5) is 21.1. The molecule has 0 aliphatic carbocycles. The fraction of sp³-hybridized carbons (Fsp3) is 0.312. The first-order chi connectivity index (χ1) is 11.8. The highest BCUT2D eigenvalue weighted by molar-refractivity contribution is 6.33. The van der Waals surface area contributed by atoms with Gasteiger partial charge in [-0.25, -0.2) is 9.97 Å². The molecule has 2 rings (SSSR count). The van der Waals surface area contributed by atoms with Crippen LogP contribution in [0.2, 0.25) is 5.02 Å². The Balaban J connectivity index is 2.25. The largest absolute Gasteiger partial charge is 0.363 e. The highest BCUT2D eigenvalue weighted by atomic mass is 35.5. The first-order valence-electron chi connectivity index (χ1n) is 7.57. The maximum Gasteiger partial charge on any atom is 0.270 e. The van der Waals surface area contributed by atoms with E-state index in [1.807, 2.05) is 32.8 Å². The summed E-state index contributed by atoms with van der Waals surface area (Å²) in [5.41, 5.74) is 3.21. The maximum atomic E-state index is 10.8. The predicted molar refractivity (Wildman–Crippen MR) is 99.8 cm³/mol. The van der Waals surface area contributed by atoms with Gasteiger partial charge in [0.15, 0.2) is 5.82 Å². The average Bonchev–Trinajstić information content (AvgIpc) is 2.56. The van der Waals surface area contributed by atoms with Crippen molar-refractivity contribution in [2.24, 2.45) is 5.10 Å². The van der Waals surface area contributed by atoms with Crippen LogP contribution in [0.1, 0.15) is 31.2 Å². The fourth-order valence-corrected chi connectivity index (χ4v) is 2.08. The van der Waals surface area contributed by atoms with Crippen LogP contribution in [-0.4, -0.2) is 35.2 Å². The van der Waals surface area contributed by atoms with Gasteiger partial charge in [-0.05, 0) is 6.07 Å². The lowest BCUT2D eigenvalue weighted by atomic mass is 10.2. The van der Waals surface area contributed by atoms with Gasteiger partial charge in [0, 0.05) is 48.8 Å². The minimum Gasteiger partial charge on any atom is -0.363 e. The molecule has 0 bridgehead atoms. The first-order valence-corrected chi connectivity index (χ1v) is 7.95. The highest BCUT2D eigenvalue weighted by Gasteiger charge is 2.10. The Kier molecular flexibility index (Phi) is 5.87. The third-order valence-corrected chi connectivity index (χ3v) is 3.62. The van der Waals surface area contributed by atoms with E-state index < -0.39 is 4.92 Å². The van der Waals surface area contributed by atoms with Gasteiger partial charge in [0.05, 0.1) is 11.1 Å². The van der Waals surface area contributed by atoms with Crippen molar-refractivity contribution >= 4 is 35.1 Å². The van der Waals surface area contributed by atoms with Crippen LogP contribution in [0, 0.1) is 10.1 Å². The number of nitro benzene ring substituents is 1. The molecule has 25 heavy (non-hydrogen) atoms. The zero-order valence-electron chi connectivity index (χ0n) is 14.4. The monoisotopic (exact) mass is 362 g/mol. The third-order valence-electron chi connectivity index (χ3n) is 3.28. The summed E-state index contributed by atoms with van der Waals surface area (Å²) in [6.07, 6.45) is 1.42. The first kappa shape index (κ1) is 18.6. The van der Waals surface area contributed by atoms with Gasteiger partial charge < -0.3 is 4.90 Å². The van der Waals surface area contributed by atoms with Crippen LogP contribution >= 0.6 is 11.6 Å². The SMILES string of the molecule is CC(C)c1nc(N/N=C/c2cc([N+](=O)[O-])ccc2Cl)cc(N(C)C)n1. The van der Waals surface area contributed by atoms with Gasteiger partial charge in [0.25, 0.3) is 5.69 Å². The van der Waals surface area contributed by atoms with Crippen molar-refractivity contribution in [2.75, 3.05) is 24.4 Å². The minimum absolute atomic E-state index is 0.0510. The molecule has 0 aliphatic heterocycles. The Morgan fingerprint density at radius 3 is 2.64 bits per heavy atom. The molecule has 2 aromatic rings. The second-order valence-corrected chi connectivity index (χ2v) is 6.26. The van der Waals surface area contributed by atoms with Crippen molar-refractivity contribution in [3.63, 3.8) is 0 Å². The second-order valence-electron chi connectivity index (χ2n) is 5.85. The summed E-state index contributed by atoms with van der Waals surface area (Å²) >= 11 is 6.04. The minimum atomic E-state index is -0.482. The molecule has 0 spiro atoms. The van der Waals surface area contributed by atoms with E-state index in [4.69, 9.17) is 11.6 Å². The molecule has 1 aromatic heterocycles. The molecule has 0 saturated heterocycles. The summed E-state index contributed by atoms with van der Waals surface area (Å²) in [5, 5.41) is 15.3. The van der Waals surface area contributed by atoms with Crippen LogP contribution in [0.5, 0.6) is 0 Å². The van der Waals surface area contributed by atoms with Crippen molar-refractivity contribution in [1.29, 1.82) is 0 Å². The van der Waals surface area contributed by atoms with Crippen LogP contribution in [-0.2, 0) is 0 Å². The smallest absolute Gasteiger partial charge is 0.270 e. The van der Waals surface area contributed by atoms with Gasteiger partial charge in [0.2, 0.25) is 0 Å². The standard InChI is InChI=1S/C16H19ClN6O2/c1-10(2)16-19-14(8-15(20-16)22(3)4)21-18-9-11-7-12(23(24)25)5-6-13(11)17/h5-10H,1-4H3,(H,19,20,21)/b18-9+. The molecule has 0 unspecified atom stereocenters.